The predicted molar refractivity (Wildman–Crippen MR) is 98.3 cm³/mol. The summed E-state index contributed by atoms with van der Waals surface area (Å²) in [5, 5.41) is 6.85. The molecule has 0 aliphatic rings. The van der Waals surface area contributed by atoms with Gasteiger partial charge >= 0.3 is 0 Å². The third-order valence-corrected chi connectivity index (χ3v) is 3.77. The quantitative estimate of drug-likeness (QED) is 0.696. The van der Waals surface area contributed by atoms with Gasteiger partial charge in [-0.2, -0.15) is 0 Å². The molecule has 1 atom stereocenters. The summed E-state index contributed by atoms with van der Waals surface area (Å²) in [5.41, 5.74) is 2.88. The SMILES string of the molecule is Fc1ccc(NC(=S)N[C@@H](c2ccccc2)c2ccncc2)cc1. The number of thiocarbonyl (C=S) groups is 1. The van der Waals surface area contributed by atoms with E-state index in [4.69, 9.17) is 12.2 Å². The van der Waals surface area contributed by atoms with Crippen LogP contribution in [0.15, 0.2) is 79.1 Å². The van der Waals surface area contributed by atoms with Gasteiger partial charge in [0.05, 0.1) is 6.04 Å². The van der Waals surface area contributed by atoms with E-state index in [1.807, 2.05) is 42.5 Å². The Morgan fingerprint density at radius 1 is 0.875 bits per heavy atom. The van der Waals surface area contributed by atoms with Gasteiger partial charge in [0.25, 0.3) is 0 Å². The maximum absolute atomic E-state index is 13.0. The number of halogens is 1. The lowest BCUT2D eigenvalue weighted by Crippen LogP contribution is -2.33. The largest absolute Gasteiger partial charge is 0.352 e. The lowest BCUT2D eigenvalue weighted by Gasteiger charge is -2.22. The van der Waals surface area contributed by atoms with Crippen LogP contribution in [-0.4, -0.2) is 10.1 Å². The summed E-state index contributed by atoms with van der Waals surface area (Å²) in [6.45, 7) is 0. The Bertz CT molecular complexity index is 752. The first-order valence-electron chi connectivity index (χ1n) is 7.50. The Hall–Kier alpha value is -2.79. The highest BCUT2D eigenvalue weighted by Crippen LogP contribution is 2.21. The zero-order valence-corrected chi connectivity index (χ0v) is 13.6. The van der Waals surface area contributed by atoms with Crippen molar-refractivity contribution in [1.29, 1.82) is 0 Å². The molecule has 0 fully saturated rings. The number of benzene rings is 2. The zero-order chi connectivity index (χ0) is 16.8. The molecule has 0 spiro atoms. The molecule has 5 heteroatoms. The number of nitrogens with one attached hydrogen (secondary N) is 2. The molecule has 120 valence electrons. The van der Waals surface area contributed by atoms with Gasteiger partial charge in [-0.3, -0.25) is 4.98 Å². The average Bonchev–Trinajstić information content (AvgIpc) is 2.63. The van der Waals surface area contributed by atoms with Gasteiger partial charge in [-0.15, -0.1) is 0 Å². The predicted octanol–water partition coefficient (Wildman–Crippen LogP) is 4.30. The first kappa shape index (κ1) is 16.1. The van der Waals surface area contributed by atoms with Gasteiger partial charge in [0, 0.05) is 18.1 Å². The van der Waals surface area contributed by atoms with Crippen molar-refractivity contribution in [1.82, 2.24) is 10.3 Å². The van der Waals surface area contributed by atoms with E-state index >= 15 is 0 Å². The number of hydrogen-bond acceptors (Lipinski definition) is 2. The van der Waals surface area contributed by atoms with E-state index in [1.54, 1.807) is 24.5 Å². The maximum atomic E-state index is 13.0. The molecule has 24 heavy (non-hydrogen) atoms. The molecule has 0 bridgehead atoms. The Labute approximate surface area is 145 Å². The second-order valence-electron chi connectivity index (χ2n) is 5.23. The Morgan fingerprint density at radius 2 is 1.50 bits per heavy atom. The van der Waals surface area contributed by atoms with Gasteiger partial charge in [-0.05, 0) is 59.7 Å². The molecule has 3 aromatic rings. The smallest absolute Gasteiger partial charge is 0.171 e. The molecular weight excluding hydrogens is 321 g/mol. The van der Waals surface area contributed by atoms with Gasteiger partial charge in [0.1, 0.15) is 5.82 Å². The molecule has 0 amide bonds. The first-order chi connectivity index (χ1) is 11.7. The van der Waals surface area contributed by atoms with E-state index in [1.165, 1.54) is 12.1 Å². The van der Waals surface area contributed by atoms with Crippen molar-refractivity contribution in [2.75, 3.05) is 5.32 Å². The number of pyridine rings is 1. The molecule has 3 rings (SSSR count). The monoisotopic (exact) mass is 337 g/mol. The Kier molecular flexibility index (Phi) is 5.13. The fourth-order valence-electron chi connectivity index (χ4n) is 2.39. The van der Waals surface area contributed by atoms with Crippen LogP contribution < -0.4 is 10.6 Å². The van der Waals surface area contributed by atoms with E-state index in [0.717, 1.165) is 16.8 Å². The van der Waals surface area contributed by atoms with Crippen molar-refractivity contribution < 1.29 is 4.39 Å². The molecular formula is C19H16FN3S. The van der Waals surface area contributed by atoms with Crippen LogP contribution in [-0.2, 0) is 0 Å². The van der Waals surface area contributed by atoms with Crippen molar-refractivity contribution in [3.63, 3.8) is 0 Å². The second kappa shape index (κ2) is 7.66. The number of hydrogen-bond donors (Lipinski definition) is 2. The summed E-state index contributed by atoms with van der Waals surface area (Å²) in [7, 11) is 0. The van der Waals surface area contributed by atoms with E-state index < -0.39 is 0 Å². The normalized spacial score (nSPS) is 11.5. The fraction of sp³-hybridized carbons (Fsp3) is 0.0526. The standard InChI is InChI=1S/C19H16FN3S/c20-16-6-8-17(9-7-16)22-19(24)23-18(14-4-2-1-3-5-14)15-10-12-21-13-11-15/h1-13,18H,(H2,22,23,24)/t18-/m0/s1. The van der Waals surface area contributed by atoms with E-state index in [2.05, 4.69) is 15.6 Å². The van der Waals surface area contributed by atoms with Crippen molar-refractivity contribution >= 4 is 23.0 Å². The molecule has 3 nitrogen and oxygen atoms in total. The van der Waals surface area contributed by atoms with Gasteiger partial charge < -0.3 is 10.6 Å². The average molecular weight is 337 g/mol. The molecule has 0 saturated heterocycles. The topological polar surface area (TPSA) is 37.0 Å². The number of anilines is 1. The van der Waals surface area contributed by atoms with Crippen LogP contribution in [0.3, 0.4) is 0 Å². The maximum Gasteiger partial charge on any atom is 0.171 e. The molecule has 0 unspecified atom stereocenters. The lowest BCUT2D eigenvalue weighted by atomic mass is 10.00. The molecule has 0 aliphatic heterocycles. The number of rotatable bonds is 4. The zero-order valence-electron chi connectivity index (χ0n) is 12.8. The van der Waals surface area contributed by atoms with Crippen LogP contribution in [0.1, 0.15) is 17.2 Å². The van der Waals surface area contributed by atoms with Crippen molar-refractivity contribution in [3.05, 3.63) is 96.1 Å². The molecule has 1 heterocycles. The molecule has 2 N–H and O–H groups in total. The van der Waals surface area contributed by atoms with Gasteiger partial charge in [0.2, 0.25) is 0 Å². The fourth-order valence-corrected chi connectivity index (χ4v) is 2.63. The van der Waals surface area contributed by atoms with Crippen LogP contribution in [0.5, 0.6) is 0 Å². The van der Waals surface area contributed by atoms with Gasteiger partial charge in [0.15, 0.2) is 5.11 Å². The van der Waals surface area contributed by atoms with E-state index in [0.29, 0.717) is 5.11 Å². The van der Waals surface area contributed by atoms with Crippen molar-refractivity contribution in [2.45, 2.75) is 6.04 Å². The summed E-state index contributed by atoms with van der Waals surface area (Å²) in [6, 6.07) is 19.9. The summed E-state index contributed by atoms with van der Waals surface area (Å²) in [5.74, 6) is -0.279. The highest BCUT2D eigenvalue weighted by Gasteiger charge is 2.15. The van der Waals surface area contributed by atoms with Crippen molar-refractivity contribution in [3.8, 4) is 0 Å². The van der Waals surface area contributed by atoms with Crippen LogP contribution in [0.25, 0.3) is 0 Å². The van der Waals surface area contributed by atoms with Gasteiger partial charge in [-0.25, -0.2) is 4.39 Å². The van der Waals surface area contributed by atoms with E-state index in [9.17, 15) is 4.39 Å². The minimum absolute atomic E-state index is 0.102. The van der Waals surface area contributed by atoms with Crippen LogP contribution in [0, 0.1) is 5.82 Å². The minimum Gasteiger partial charge on any atom is -0.352 e. The molecule has 0 radical (unpaired) electrons. The summed E-state index contributed by atoms with van der Waals surface area (Å²) in [4.78, 5) is 4.06. The van der Waals surface area contributed by atoms with Gasteiger partial charge in [-0.1, -0.05) is 30.3 Å². The van der Waals surface area contributed by atoms with Crippen LogP contribution in [0.4, 0.5) is 10.1 Å². The number of nitrogens with zero attached hydrogens (tertiary/aromatic N) is 1. The molecule has 1 aromatic heterocycles. The highest BCUT2D eigenvalue weighted by molar-refractivity contribution is 7.80. The van der Waals surface area contributed by atoms with E-state index in [-0.39, 0.29) is 11.9 Å². The van der Waals surface area contributed by atoms with Crippen molar-refractivity contribution in [2.24, 2.45) is 0 Å². The van der Waals surface area contributed by atoms with Crippen LogP contribution >= 0.6 is 12.2 Å². The van der Waals surface area contributed by atoms with Crippen LogP contribution in [0.2, 0.25) is 0 Å². The second-order valence-corrected chi connectivity index (χ2v) is 5.64. The summed E-state index contributed by atoms with van der Waals surface area (Å²) in [6.07, 6.45) is 3.51. The Balaban J connectivity index is 1.79. The Morgan fingerprint density at radius 3 is 2.17 bits per heavy atom. The number of aromatic nitrogens is 1. The summed E-state index contributed by atoms with van der Waals surface area (Å²) >= 11 is 5.41. The lowest BCUT2D eigenvalue weighted by molar-refractivity contribution is 0.628. The highest BCUT2D eigenvalue weighted by atomic mass is 32.1. The molecule has 0 saturated carbocycles. The molecule has 0 aliphatic carbocycles. The third-order valence-electron chi connectivity index (χ3n) is 3.55. The first-order valence-corrected chi connectivity index (χ1v) is 7.91. The minimum atomic E-state index is -0.279. The third kappa shape index (κ3) is 4.14. The molecule has 2 aromatic carbocycles. The summed E-state index contributed by atoms with van der Waals surface area (Å²) < 4.78 is 13.0.